The molecule has 1 unspecified atom stereocenters. The van der Waals surface area contributed by atoms with Gasteiger partial charge in [0.15, 0.2) is 0 Å². The zero-order chi connectivity index (χ0) is 15.5. The van der Waals surface area contributed by atoms with E-state index in [9.17, 15) is 5.11 Å². The number of halogens is 2. The molecule has 1 heterocycles. The van der Waals surface area contributed by atoms with E-state index in [0.717, 1.165) is 15.5 Å². The first kappa shape index (κ1) is 15.3. The van der Waals surface area contributed by atoms with Crippen LogP contribution in [0.2, 0.25) is 5.28 Å². The Balaban J connectivity index is 1.67. The first-order valence-electron chi connectivity index (χ1n) is 6.80. The summed E-state index contributed by atoms with van der Waals surface area (Å²) in [7, 11) is 0. The molecule has 0 aliphatic rings. The predicted molar refractivity (Wildman–Crippen MR) is 90.4 cm³/mol. The fraction of sp³-hybridized carbons (Fsp3) is 0.188. The third-order valence-electron chi connectivity index (χ3n) is 3.26. The lowest BCUT2D eigenvalue weighted by Gasteiger charge is -2.14. The minimum absolute atomic E-state index is 0.185. The van der Waals surface area contributed by atoms with E-state index < -0.39 is 6.10 Å². The zero-order valence-electron chi connectivity index (χ0n) is 11.6. The van der Waals surface area contributed by atoms with Crippen molar-refractivity contribution in [2.45, 2.75) is 12.6 Å². The number of aliphatic hydroxyl groups excluding tert-OH is 1. The Labute approximate surface area is 141 Å². The number of para-hydroxylation sites is 2. The van der Waals surface area contributed by atoms with Crippen molar-refractivity contribution in [1.29, 1.82) is 0 Å². The fourth-order valence-corrected chi connectivity index (χ4v) is 2.72. The van der Waals surface area contributed by atoms with Gasteiger partial charge in [0.1, 0.15) is 18.5 Å². The van der Waals surface area contributed by atoms with Crippen molar-refractivity contribution in [3.05, 3.63) is 58.3 Å². The van der Waals surface area contributed by atoms with Gasteiger partial charge in [0.2, 0.25) is 5.28 Å². The molecule has 0 aliphatic heterocycles. The maximum atomic E-state index is 10.2. The molecule has 4 nitrogen and oxygen atoms in total. The quantitative estimate of drug-likeness (QED) is 0.729. The lowest BCUT2D eigenvalue weighted by molar-refractivity contribution is 0.0935. The Morgan fingerprint density at radius 2 is 1.91 bits per heavy atom. The van der Waals surface area contributed by atoms with Crippen molar-refractivity contribution >= 4 is 38.6 Å². The van der Waals surface area contributed by atoms with Crippen LogP contribution in [0.15, 0.2) is 53.0 Å². The molecule has 0 amide bonds. The summed E-state index contributed by atoms with van der Waals surface area (Å²) in [5.41, 5.74) is 1.71. The normalized spacial score (nSPS) is 12.5. The van der Waals surface area contributed by atoms with Gasteiger partial charge in [-0.05, 0) is 48.0 Å². The van der Waals surface area contributed by atoms with Crippen LogP contribution in [0, 0.1) is 0 Å². The first-order valence-corrected chi connectivity index (χ1v) is 7.98. The van der Waals surface area contributed by atoms with Gasteiger partial charge < -0.3 is 14.4 Å². The average Bonchev–Trinajstić information content (AvgIpc) is 2.83. The van der Waals surface area contributed by atoms with Crippen LogP contribution in [0.25, 0.3) is 11.0 Å². The van der Waals surface area contributed by atoms with Crippen molar-refractivity contribution in [2.24, 2.45) is 0 Å². The molecule has 0 radical (unpaired) electrons. The molecule has 1 atom stereocenters. The Morgan fingerprint density at radius 1 is 1.18 bits per heavy atom. The number of hydrogen-bond donors (Lipinski definition) is 1. The third kappa shape index (κ3) is 3.43. The summed E-state index contributed by atoms with van der Waals surface area (Å²) in [6.07, 6.45) is -0.682. The lowest BCUT2D eigenvalue weighted by Crippen LogP contribution is -2.23. The first-order chi connectivity index (χ1) is 10.6. The summed E-state index contributed by atoms with van der Waals surface area (Å²) in [4.78, 5) is 4.27. The predicted octanol–water partition coefficient (Wildman–Crippen LogP) is 3.89. The number of aromatic nitrogens is 2. The highest BCUT2D eigenvalue weighted by Gasteiger charge is 2.13. The van der Waals surface area contributed by atoms with Gasteiger partial charge in [0.25, 0.3) is 0 Å². The summed E-state index contributed by atoms with van der Waals surface area (Å²) < 4.78 is 8.34. The third-order valence-corrected chi connectivity index (χ3v) is 4.07. The second-order valence-electron chi connectivity index (χ2n) is 4.90. The lowest BCUT2D eigenvalue weighted by atomic mass is 10.3. The molecular formula is C16H14BrClN2O2. The highest BCUT2D eigenvalue weighted by Crippen LogP contribution is 2.20. The van der Waals surface area contributed by atoms with Gasteiger partial charge in [-0.25, -0.2) is 4.98 Å². The number of ether oxygens (including phenoxy) is 1. The molecule has 2 aromatic carbocycles. The van der Waals surface area contributed by atoms with Crippen LogP contribution in [-0.2, 0) is 6.54 Å². The number of hydrogen-bond acceptors (Lipinski definition) is 3. The van der Waals surface area contributed by atoms with Crippen LogP contribution in [-0.4, -0.2) is 27.4 Å². The summed E-state index contributed by atoms with van der Waals surface area (Å²) in [6, 6.07) is 15.1. The van der Waals surface area contributed by atoms with Crippen molar-refractivity contribution in [3.8, 4) is 5.75 Å². The number of nitrogens with zero attached hydrogens (tertiary/aromatic N) is 2. The van der Waals surface area contributed by atoms with E-state index in [1.54, 1.807) is 4.57 Å². The zero-order valence-corrected chi connectivity index (χ0v) is 14.0. The van der Waals surface area contributed by atoms with Crippen molar-refractivity contribution in [3.63, 3.8) is 0 Å². The van der Waals surface area contributed by atoms with E-state index in [4.69, 9.17) is 16.3 Å². The summed E-state index contributed by atoms with van der Waals surface area (Å²) in [6.45, 7) is 0.514. The van der Waals surface area contributed by atoms with Crippen LogP contribution in [0.5, 0.6) is 5.75 Å². The second-order valence-corrected chi connectivity index (χ2v) is 6.15. The molecule has 114 valence electrons. The Bertz CT molecular complexity index is 773. The summed E-state index contributed by atoms with van der Waals surface area (Å²) in [5.74, 6) is 0.712. The molecule has 1 aromatic heterocycles. The van der Waals surface area contributed by atoms with Gasteiger partial charge in [0, 0.05) is 4.47 Å². The fourth-order valence-electron chi connectivity index (χ4n) is 2.21. The number of fused-ring (bicyclic) bond motifs is 1. The molecule has 0 saturated carbocycles. The molecule has 0 aliphatic carbocycles. The summed E-state index contributed by atoms with van der Waals surface area (Å²) >= 11 is 9.51. The van der Waals surface area contributed by atoms with Crippen LogP contribution in [0.3, 0.4) is 0 Å². The van der Waals surface area contributed by atoms with Gasteiger partial charge in [0.05, 0.1) is 17.6 Å². The van der Waals surface area contributed by atoms with Crippen LogP contribution in [0.4, 0.5) is 0 Å². The van der Waals surface area contributed by atoms with Crippen molar-refractivity contribution in [1.82, 2.24) is 9.55 Å². The van der Waals surface area contributed by atoms with Crippen LogP contribution < -0.4 is 4.74 Å². The maximum absolute atomic E-state index is 10.2. The molecule has 0 fully saturated rings. The average molecular weight is 382 g/mol. The van der Waals surface area contributed by atoms with E-state index in [0.29, 0.717) is 17.6 Å². The minimum atomic E-state index is -0.682. The van der Waals surface area contributed by atoms with Crippen LogP contribution in [0.1, 0.15) is 0 Å². The molecule has 0 saturated heterocycles. The Morgan fingerprint density at radius 3 is 2.68 bits per heavy atom. The number of rotatable bonds is 5. The van der Waals surface area contributed by atoms with Gasteiger partial charge in [-0.15, -0.1) is 0 Å². The van der Waals surface area contributed by atoms with Crippen molar-refractivity contribution < 1.29 is 9.84 Å². The topological polar surface area (TPSA) is 47.3 Å². The van der Waals surface area contributed by atoms with E-state index in [1.165, 1.54) is 0 Å². The highest BCUT2D eigenvalue weighted by atomic mass is 79.9. The number of aliphatic hydroxyl groups is 1. The number of imidazole rings is 1. The maximum Gasteiger partial charge on any atom is 0.203 e. The Kier molecular flexibility index (Phi) is 4.66. The van der Waals surface area contributed by atoms with E-state index in [-0.39, 0.29) is 6.61 Å². The molecule has 22 heavy (non-hydrogen) atoms. The van der Waals surface area contributed by atoms with Crippen molar-refractivity contribution in [2.75, 3.05) is 6.61 Å². The van der Waals surface area contributed by atoms with E-state index in [1.807, 2.05) is 48.5 Å². The number of benzene rings is 2. The SMILES string of the molecule is OC(COc1ccc(Br)cc1)Cn1c(Cl)nc2ccccc21. The van der Waals surface area contributed by atoms with E-state index >= 15 is 0 Å². The smallest absolute Gasteiger partial charge is 0.203 e. The molecule has 0 bridgehead atoms. The molecular weight excluding hydrogens is 368 g/mol. The molecule has 1 N–H and O–H groups in total. The minimum Gasteiger partial charge on any atom is -0.491 e. The monoisotopic (exact) mass is 380 g/mol. The largest absolute Gasteiger partial charge is 0.491 e. The summed E-state index contributed by atoms with van der Waals surface area (Å²) in [5, 5.41) is 10.5. The molecule has 6 heteroatoms. The second kappa shape index (κ2) is 6.69. The highest BCUT2D eigenvalue weighted by molar-refractivity contribution is 9.10. The van der Waals surface area contributed by atoms with Gasteiger partial charge in [-0.3, -0.25) is 0 Å². The molecule has 3 aromatic rings. The van der Waals surface area contributed by atoms with Gasteiger partial charge in [-0.1, -0.05) is 28.1 Å². The Hall–Kier alpha value is -1.56. The van der Waals surface area contributed by atoms with Crippen LogP contribution >= 0.6 is 27.5 Å². The standard InChI is InChI=1S/C16H14BrClN2O2/c17-11-5-7-13(8-6-11)22-10-12(21)9-20-15-4-2-1-3-14(15)19-16(20)18/h1-8,12,21H,9-10H2. The van der Waals surface area contributed by atoms with E-state index in [2.05, 4.69) is 20.9 Å². The molecule has 3 rings (SSSR count). The van der Waals surface area contributed by atoms with Gasteiger partial charge >= 0.3 is 0 Å². The van der Waals surface area contributed by atoms with Gasteiger partial charge in [-0.2, -0.15) is 0 Å². The molecule has 0 spiro atoms.